The number of nitro benzene ring substituents is 1. The van der Waals surface area contributed by atoms with Crippen LogP contribution in [-0.4, -0.2) is 64.8 Å². The van der Waals surface area contributed by atoms with E-state index < -0.39 is 4.92 Å². The van der Waals surface area contributed by atoms with Crippen molar-refractivity contribution in [1.29, 1.82) is 0 Å². The SMILES string of the molecule is COc1cc([N+](=O)[O-])ccc1NC(=O)CSc1nnc(N2CCOCC2)n1C1CC1. The van der Waals surface area contributed by atoms with Gasteiger partial charge < -0.3 is 19.7 Å². The predicted molar refractivity (Wildman–Crippen MR) is 110 cm³/mol. The Bertz CT molecular complexity index is 941. The molecule has 2 aliphatic rings. The molecule has 2 aromatic rings. The van der Waals surface area contributed by atoms with Crippen LogP contribution in [0, 0.1) is 10.1 Å². The lowest BCUT2D eigenvalue weighted by Crippen LogP contribution is -2.38. The van der Waals surface area contributed by atoms with Crippen molar-refractivity contribution in [3.63, 3.8) is 0 Å². The van der Waals surface area contributed by atoms with Crippen LogP contribution in [0.15, 0.2) is 23.4 Å². The quantitative estimate of drug-likeness (QED) is 0.378. The van der Waals surface area contributed by atoms with Crippen molar-refractivity contribution in [2.45, 2.75) is 24.0 Å². The Kier molecular flexibility index (Phi) is 6.04. The summed E-state index contributed by atoms with van der Waals surface area (Å²) >= 11 is 1.32. The van der Waals surface area contributed by atoms with E-state index in [4.69, 9.17) is 9.47 Å². The minimum atomic E-state index is -0.513. The minimum Gasteiger partial charge on any atom is -0.494 e. The van der Waals surface area contributed by atoms with Gasteiger partial charge in [0.15, 0.2) is 5.16 Å². The summed E-state index contributed by atoms with van der Waals surface area (Å²) in [7, 11) is 1.40. The summed E-state index contributed by atoms with van der Waals surface area (Å²) in [4.78, 5) is 25.0. The van der Waals surface area contributed by atoms with E-state index in [1.807, 2.05) is 0 Å². The van der Waals surface area contributed by atoms with E-state index in [9.17, 15) is 14.9 Å². The third-order valence-corrected chi connectivity index (χ3v) is 5.80. The van der Waals surface area contributed by atoms with Gasteiger partial charge in [0, 0.05) is 25.2 Å². The first kappa shape index (κ1) is 20.4. The van der Waals surface area contributed by atoms with Crippen LogP contribution in [0.4, 0.5) is 17.3 Å². The van der Waals surface area contributed by atoms with E-state index in [0.29, 0.717) is 30.1 Å². The number of rotatable bonds is 8. The molecule has 30 heavy (non-hydrogen) atoms. The normalized spacial score (nSPS) is 16.4. The van der Waals surface area contributed by atoms with Crippen LogP contribution in [0.5, 0.6) is 5.75 Å². The molecule has 0 spiro atoms. The zero-order valence-electron chi connectivity index (χ0n) is 16.4. The smallest absolute Gasteiger partial charge is 0.273 e. The van der Waals surface area contributed by atoms with E-state index in [-0.39, 0.29) is 23.1 Å². The van der Waals surface area contributed by atoms with Gasteiger partial charge in [-0.05, 0) is 18.9 Å². The molecule has 0 unspecified atom stereocenters. The number of morpholine rings is 1. The van der Waals surface area contributed by atoms with E-state index in [0.717, 1.165) is 31.9 Å². The van der Waals surface area contributed by atoms with Gasteiger partial charge in [0.2, 0.25) is 11.9 Å². The Hall–Kier alpha value is -2.86. The second-order valence-corrected chi connectivity index (χ2v) is 7.90. The van der Waals surface area contributed by atoms with Crippen molar-refractivity contribution in [3.8, 4) is 5.75 Å². The number of ether oxygens (including phenoxy) is 2. The van der Waals surface area contributed by atoms with Crippen LogP contribution in [0.3, 0.4) is 0 Å². The molecule has 11 nitrogen and oxygen atoms in total. The maximum absolute atomic E-state index is 12.5. The van der Waals surface area contributed by atoms with Gasteiger partial charge in [-0.2, -0.15) is 0 Å². The number of hydrogen-bond donors (Lipinski definition) is 1. The highest BCUT2D eigenvalue weighted by Gasteiger charge is 2.32. The molecule has 4 rings (SSSR count). The lowest BCUT2D eigenvalue weighted by atomic mass is 10.2. The number of hydrogen-bond acceptors (Lipinski definition) is 9. The standard InChI is InChI=1S/C18H22N6O5S/c1-28-15-10-13(24(26)27)4-5-14(15)19-16(25)11-30-18-21-20-17(23(18)12-2-3-12)22-6-8-29-9-7-22/h4-5,10,12H,2-3,6-9,11H2,1H3,(H,19,25). The highest BCUT2D eigenvalue weighted by molar-refractivity contribution is 7.99. The summed E-state index contributed by atoms with van der Waals surface area (Å²) in [6, 6.07) is 4.44. The Morgan fingerprint density at radius 3 is 2.80 bits per heavy atom. The molecule has 1 aliphatic carbocycles. The van der Waals surface area contributed by atoms with Crippen molar-refractivity contribution < 1.29 is 19.2 Å². The predicted octanol–water partition coefficient (Wildman–Crippen LogP) is 2.10. The molecule has 1 aromatic heterocycles. The molecule has 2 fully saturated rings. The second kappa shape index (κ2) is 8.88. The van der Waals surface area contributed by atoms with Crippen molar-refractivity contribution >= 4 is 35.0 Å². The monoisotopic (exact) mass is 434 g/mol. The number of nitrogens with zero attached hydrogens (tertiary/aromatic N) is 5. The van der Waals surface area contributed by atoms with Crippen LogP contribution in [0.2, 0.25) is 0 Å². The van der Waals surface area contributed by atoms with Gasteiger partial charge in [-0.3, -0.25) is 19.5 Å². The average molecular weight is 434 g/mol. The van der Waals surface area contributed by atoms with Crippen LogP contribution < -0.4 is 15.0 Å². The number of non-ortho nitro benzene ring substituents is 1. The van der Waals surface area contributed by atoms with Gasteiger partial charge in [0.1, 0.15) is 5.75 Å². The summed E-state index contributed by atoms with van der Waals surface area (Å²) in [6.45, 7) is 2.88. The molecule has 1 aliphatic heterocycles. The molecule has 1 saturated heterocycles. The molecular formula is C18H22N6O5S. The number of nitro groups is 1. The molecule has 0 bridgehead atoms. The first-order valence-electron chi connectivity index (χ1n) is 9.59. The van der Waals surface area contributed by atoms with Crippen molar-refractivity contribution in [2.24, 2.45) is 0 Å². The summed E-state index contributed by atoms with van der Waals surface area (Å²) in [6.07, 6.45) is 2.16. The topological polar surface area (TPSA) is 125 Å². The number of carbonyl (C=O) groups excluding carboxylic acids is 1. The van der Waals surface area contributed by atoms with Crippen LogP contribution in [-0.2, 0) is 9.53 Å². The van der Waals surface area contributed by atoms with Crippen LogP contribution >= 0.6 is 11.8 Å². The summed E-state index contributed by atoms with van der Waals surface area (Å²) in [5.41, 5.74) is 0.277. The Morgan fingerprint density at radius 2 is 2.13 bits per heavy atom. The lowest BCUT2D eigenvalue weighted by molar-refractivity contribution is -0.384. The molecule has 1 saturated carbocycles. The zero-order chi connectivity index (χ0) is 21.1. The molecule has 1 amide bonds. The maximum atomic E-state index is 12.5. The molecule has 0 radical (unpaired) electrons. The average Bonchev–Trinajstić information content (AvgIpc) is 3.51. The molecule has 160 valence electrons. The van der Waals surface area contributed by atoms with Crippen molar-refractivity contribution in [2.75, 3.05) is 49.4 Å². The van der Waals surface area contributed by atoms with Crippen molar-refractivity contribution in [1.82, 2.24) is 14.8 Å². The molecular weight excluding hydrogens is 412 g/mol. The Morgan fingerprint density at radius 1 is 1.37 bits per heavy atom. The summed E-state index contributed by atoms with van der Waals surface area (Å²) in [5, 5.41) is 23.0. The molecule has 1 aromatic carbocycles. The van der Waals surface area contributed by atoms with E-state index in [2.05, 4.69) is 25.0 Å². The van der Waals surface area contributed by atoms with Crippen LogP contribution in [0.25, 0.3) is 0 Å². The van der Waals surface area contributed by atoms with Gasteiger partial charge in [0.25, 0.3) is 5.69 Å². The van der Waals surface area contributed by atoms with E-state index in [1.54, 1.807) is 0 Å². The Labute approximate surface area is 176 Å². The zero-order valence-corrected chi connectivity index (χ0v) is 17.3. The number of carbonyl (C=O) groups is 1. The van der Waals surface area contributed by atoms with Gasteiger partial charge >= 0.3 is 0 Å². The highest BCUT2D eigenvalue weighted by atomic mass is 32.2. The fourth-order valence-electron chi connectivity index (χ4n) is 3.21. The van der Waals surface area contributed by atoms with Gasteiger partial charge in [-0.1, -0.05) is 11.8 Å². The second-order valence-electron chi connectivity index (χ2n) is 6.96. The van der Waals surface area contributed by atoms with Gasteiger partial charge in [-0.15, -0.1) is 10.2 Å². The minimum absolute atomic E-state index is 0.104. The number of amides is 1. The lowest BCUT2D eigenvalue weighted by Gasteiger charge is -2.27. The number of aromatic nitrogens is 3. The molecule has 0 atom stereocenters. The number of benzene rings is 1. The fourth-order valence-corrected chi connectivity index (χ4v) is 4.01. The maximum Gasteiger partial charge on any atom is 0.273 e. The highest BCUT2D eigenvalue weighted by Crippen LogP contribution is 2.41. The first-order chi connectivity index (χ1) is 14.6. The third-order valence-electron chi connectivity index (χ3n) is 4.85. The number of nitrogens with one attached hydrogen (secondary N) is 1. The molecule has 12 heteroatoms. The number of thioether (sulfide) groups is 1. The van der Waals surface area contributed by atoms with Crippen molar-refractivity contribution in [3.05, 3.63) is 28.3 Å². The molecule has 2 heterocycles. The van der Waals surface area contributed by atoms with E-state index >= 15 is 0 Å². The van der Waals surface area contributed by atoms with Gasteiger partial charge in [-0.25, -0.2) is 0 Å². The molecule has 1 N–H and O–H groups in total. The summed E-state index contributed by atoms with van der Waals surface area (Å²) < 4.78 is 12.7. The van der Waals surface area contributed by atoms with E-state index in [1.165, 1.54) is 37.1 Å². The third kappa shape index (κ3) is 4.49. The Balaban J connectivity index is 1.42. The fraction of sp³-hybridized carbons (Fsp3) is 0.500. The number of anilines is 2. The van der Waals surface area contributed by atoms with Gasteiger partial charge in [0.05, 0.1) is 42.8 Å². The van der Waals surface area contributed by atoms with Crippen LogP contribution in [0.1, 0.15) is 18.9 Å². The largest absolute Gasteiger partial charge is 0.494 e. The summed E-state index contributed by atoms with van der Waals surface area (Å²) in [5.74, 6) is 0.943. The number of methoxy groups -OCH3 is 1. The first-order valence-corrected chi connectivity index (χ1v) is 10.6.